The van der Waals surface area contributed by atoms with Crippen LogP contribution in [-0.4, -0.2) is 62.1 Å². The zero-order valence-electron chi connectivity index (χ0n) is 21.2. The molecule has 0 saturated heterocycles. The molecule has 0 bridgehead atoms. The second-order valence-corrected chi connectivity index (χ2v) is 9.94. The van der Waals surface area contributed by atoms with Crippen LogP contribution in [0.1, 0.15) is 51.3 Å². The first kappa shape index (κ1) is 25.9. The number of benzene rings is 2. The topological polar surface area (TPSA) is 59.1 Å². The molecule has 1 aliphatic rings. The number of carbonyl (C=O) groups is 2. The number of fused-ring (bicyclic) bond motifs is 1. The van der Waals surface area contributed by atoms with E-state index in [4.69, 9.17) is 9.47 Å². The largest absolute Gasteiger partial charge is 0.497 e. The lowest BCUT2D eigenvalue weighted by Crippen LogP contribution is -2.47. The van der Waals surface area contributed by atoms with Gasteiger partial charge in [-0.3, -0.25) is 9.59 Å². The van der Waals surface area contributed by atoms with Gasteiger partial charge in [0.05, 0.1) is 13.2 Å². The van der Waals surface area contributed by atoms with E-state index in [1.54, 1.807) is 30.5 Å². The van der Waals surface area contributed by atoms with Crippen LogP contribution in [0, 0.1) is 0 Å². The van der Waals surface area contributed by atoms with Crippen LogP contribution in [0.4, 0.5) is 0 Å². The zero-order valence-corrected chi connectivity index (χ0v) is 22.1. The SMILES string of the molecule is CCc1ccc(C(=O)N(CCCOC)CC(=O)N2CCc3sccc3C2c2ccc(OC)cc2)cc1. The molecule has 0 N–H and O–H groups in total. The summed E-state index contributed by atoms with van der Waals surface area (Å²) in [6.07, 6.45) is 2.40. The van der Waals surface area contributed by atoms with Gasteiger partial charge in [-0.05, 0) is 71.7 Å². The Bertz CT molecular complexity index is 1160. The summed E-state index contributed by atoms with van der Waals surface area (Å²) in [5.41, 5.74) is 3.98. The van der Waals surface area contributed by atoms with Crippen molar-refractivity contribution in [2.45, 2.75) is 32.2 Å². The highest BCUT2D eigenvalue weighted by atomic mass is 32.1. The lowest BCUT2D eigenvalue weighted by molar-refractivity contribution is -0.134. The van der Waals surface area contributed by atoms with Gasteiger partial charge in [0.15, 0.2) is 0 Å². The van der Waals surface area contributed by atoms with Gasteiger partial charge in [-0.25, -0.2) is 0 Å². The van der Waals surface area contributed by atoms with E-state index >= 15 is 0 Å². The number of hydrogen-bond donors (Lipinski definition) is 0. The van der Waals surface area contributed by atoms with E-state index in [0.29, 0.717) is 31.7 Å². The molecule has 3 aromatic rings. The quantitative estimate of drug-likeness (QED) is 0.364. The summed E-state index contributed by atoms with van der Waals surface area (Å²) in [6.45, 7) is 3.73. The molecule has 0 fully saturated rings. The first-order valence-electron chi connectivity index (χ1n) is 12.4. The van der Waals surface area contributed by atoms with Gasteiger partial charge in [0.25, 0.3) is 5.91 Å². The van der Waals surface area contributed by atoms with Crippen molar-refractivity contribution < 1.29 is 19.1 Å². The van der Waals surface area contributed by atoms with E-state index < -0.39 is 0 Å². The van der Waals surface area contributed by atoms with Crippen LogP contribution in [-0.2, 0) is 22.4 Å². The smallest absolute Gasteiger partial charge is 0.254 e. The highest BCUT2D eigenvalue weighted by molar-refractivity contribution is 7.10. The van der Waals surface area contributed by atoms with Crippen LogP contribution in [0.5, 0.6) is 5.75 Å². The molecule has 6 nitrogen and oxygen atoms in total. The summed E-state index contributed by atoms with van der Waals surface area (Å²) < 4.78 is 10.5. The third kappa shape index (κ3) is 5.79. The standard InChI is InChI=1S/C29H34N2O4S/c1-4-21-6-8-23(9-7-21)29(33)30(16-5-18-34-2)20-27(32)31-17-14-26-25(15-19-36-26)28(31)22-10-12-24(35-3)13-11-22/h6-13,15,19,28H,4-5,14,16-18,20H2,1-3H3. The van der Waals surface area contributed by atoms with Gasteiger partial charge in [0.1, 0.15) is 12.3 Å². The van der Waals surface area contributed by atoms with Gasteiger partial charge in [0, 0.05) is 37.2 Å². The summed E-state index contributed by atoms with van der Waals surface area (Å²) in [5.74, 6) is 0.599. The number of ether oxygens (including phenoxy) is 2. The van der Waals surface area contributed by atoms with Crippen LogP contribution >= 0.6 is 11.3 Å². The molecule has 1 aromatic heterocycles. The summed E-state index contributed by atoms with van der Waals surface area (Å²) in [4.78, 5) is 32.1. The van der Waals surface area contributed by atoms with Crippen LogP contribution in [0.25, 0.3) is 0 Å². The molecular weight excluding hydrogens is 472 g/mol. The maximum Gasteiger partial charge on any atom is 0.254 e. The first-order valence-corrected chi connectivity index (χ1v) is 13.3. The first-order chi connectivity index (χ1) is 17.5. The normalized spacial score (nSPS) is 14.9. The predicted octanol–water partition coefficient (Wildman–Crippen LogP) is 4.97. The van der Waals surface area contributed by atoms with Crippen LogP contribution in [0.3, 0.4) is 0 Å². The van der Waals surface area contributed by atoms with Crippen molar-refractivity contribution >= 4 is 23.2 Å². The van der Waals surface area contributed by atoms with Crippen molar-refractivity contribution in [1.82, 2.24) is 9.80 Å². The number of nitrogens with zero attached hydrogens (tertiary/aromatic N) is 2. The molecule has 1 aliphatic heterocycles. The Kier molecular flexibility index (Phi) is 8.78. The van der Waals surface area contributed by atoms with E-state index in [1.165, 1.54) is 10.4 Å². The second-order valence-electron chi connectivity index (χ2n) is 8.94. The number of hydrogen-bond acceptors (Lipinski definition) is 5. The zero-order chi connectivity index (χ0) is 25.5. The van der Waals surface area contributed by atoms with E-state index in [-0.39, 0.29) is 24.4 Å². The van der Waals surface area contributed by atoms with E-state index in [1.807, 2.05) is 53.4 Å². The number of rotatable bonds is 10. The summed E-state index contributed by atoms with van der Waals surface area (Å²) in [7, 11) is 3.29. The molecule has 1 unspecified atom stereocenters. The minimum atomic E-state index is -0.182. The van der Waals surface area contributed by atoms with Gasteiger partial charge in [-0.2, -0.15) is 0 Å². The lowest BCUT2D eigenvalue weighted by Gasteiger charge is -2.37. The molecule has 2 aromatic carbocycles. The van der Waals surface area contributed by atoms with Crippen molar-refractivity contribution in [3.05, 3.63) is 87.1 Å². The molecule has 0 radical (unpaired) electrons. The van der Waals surface area contributed by atoms with E-state index in [2.05, 4.69) is 18.4 Å². The van der Waals surface area contributed by atoms with Gasteiger partial charge >= 0.3 is 0 Å². The Hall–Kier alpha value is -3.16. The summed E-state index contributed by atoms with van der Waals surface area (Å²) in [6, 6.07) is 17.5. The third-order valence-electron chi connectivity index (χ3n) is 6.72. The number of amides is 2. The number of thiophene rings is 1. The molecule has 1 atom stereocenters. The van der Waals surface area contributed by atoms with Gasteiger partial charge in [0.2, 0.25) is 5.91 Å². The minimum absolute atomic E-state index is 0.0319. The number of methoxy groups -OCH3 is 2. The minimum Gasteiger partial charge on any atom is -0.497 e. The van der Waals surface area contributed by atoms with Crippen LogP contribution in [0.15, 0.2) is 60.0 Å². The maximum atomic E-state index is 13.8. The third-order valence-corrected chi connectivity index (χ3v) is 7.71. The molecule has 190 valence electrons. The molecule has 2 heterocycles. The highest BCUT2D eigenvalue weighted by Crippen LogP contribution is 2.38. The molecular formula is C29H34N2O4S. The number of aryl methyl sites for hydroxylation is 1. The lowest BCUT2D eigenvalue weighted by atomic mass is 9.93. The van der Waals surface area contributed by atoms with Gasteiger partial charge in [-0.15, -0.1) is 11.3 Å². The van der Waals surface area contributed by atoms with Crippen molar-refractivity contribution in [3.8, 4) is 5.75 Å². The fourth-order valence-corrected chi connectivity index (χ4v) is 5.61. The van der Waals surface area contributed by atoms with Gasteiger partial charge < -0.3 is 19.3 Å². The molecule has 7 heteroatoms. The molecule has 36 heavy (non-hydrogen) atoms. The Morgan fingerprint density at radius 2 is 1.81 bits per heavy atom. The monoisotopic (exact) mass is 506 g/mol. The summed E-state index contributed by atoms with van der Waals surface area (Å²) in [5, 5.41) is 2.09. The summed E-state index contributed by atoms with van der Waals surface area (Å²) >= 11 is 1.74. The Balaban J connectivity index is 1.58. The Labute approximate surface area is 217 Å². The average Bonchev–Trinajstić information content (AvgIpc) is 3.41. The van der Waals surface area contributed by atoms with Crippen molar-refractivity contribution in [2.75, 3.05) is 40.5 Å². The Morgan fingerprint density at radius 3 is 2.47 bits per heavy atom. The number of carbonyl (C=O) groups excluding carboxylic acids is 2. The fraction of sp³-hybridized carbons (Fsp3) is 0.379. The van der Waals surface area contributed by atoms with Crippen molar-refractivity contribution in [1.29, 1.82) is 0 Å². The van der Waals surface area contributed by atoms with Crippen molar-refractivity contribution in [2.24, 2.45) is 0 Å². The predicted molar refractivity (Wildman–Crippen MR) is 143 cm³/mol. The van der Waals surface area contributed by atoms with Gasteiger partial charge in [-0.1, -0.05) is 31.2 Å². The highest BCUT2D eigenvalue weighted by Gasteiger charge is 2.34. The Morgan fingerprint density at radius 1 is 1.06 bits per heavy atom. The van der Waals surface area contributed by atoms with Crippen LogP contribution in [0.2, 0.25) is 0 Å². The fourth-order valence-electron chi connectivity index (χ4n) is 4.70. The maximum absolute atomic E-state index is 13.8. The van der Waals surface area contributed by atoms with Crippen LogP contribution < -0.4 is 4.74 Å². The van der Waals surface area contributed by atoms with E-state index in [9.17, 15) is 9.59 Å². The van der Waals surface area contributed by atoms with Crippen molar-refractivity contribution in [3.63, 3.8) is 0 Å². The second kappa shape index (κ2) is 12.2. The molecule has 0 saturated carbocycles. The molecule has 4 rings (SSSR count). The molecule has 0 spiro atoms. The molecule has 0 aliphatic carbocycles. The average molecular weight is 507 g/mol. The van der Waals surface area contributed by atoms with E-state index in [0.717, 1.165) is 29.7 Å². The molecule has 2 amide bonds.